The van der Waals surface area contributed by atoms with Crippen molar-refractivity contribution in [1.29, 1.82) is 0 Å². The molecule has 0 spiro atoms. The van der Waals surface area contributed by atoms with Crippen LogP contribution in [0.25, 0.3) is 10.9 Å². The molecule has 0 saturated carbocycles. The maximum absolute atomic E-state index is 4.53. The van der Waals surface area contributed by atoms with E-state index in [1.807, 2.05) is 12.3 Å². The highest BCUT2D eigenvalue weighted by molar-refractivity contribution is 5.81. The number of para-hydroxylation sites is 1. The molecule has 2 aromatic rings. The zero-order valence-electron chi connectivity index (χ0n) is 11.0. The average molecular weight is 253 g/mol. The van der Waals surface area contributed by atoms with E-state index in [9.17, 15) is 0 Å². The number of piperidine rings is 3. The molecule has 98 valence electrons. The largest absolute Gasteiger partial charge is 0.379 e. The van der Waals surface area contributed by atoms with Gasteiger partial charge in [-0.05, 0) is 44.0 Å². The first-order valence-electron chi connectivity index (χ1n) is 7.22. The number of nitrogens with one attached hydrogen (secondary N) is 1. The topological polar surface area (TPSA) is 28.2 Å². The summed E-state index contributed by atoms with van der Waals surface area (Å²) in [5.41, 5.74) is 2.24. The molecule has 3 aliphatic rings. The summed E-state index contributed by atoms with van der Waals surface area (Å²) >= 11 is 0. The van der Waals surface area contributed by atoms with Gasteiger partial charge in [-0.15, -0.1) is 0 Å². The fourth-order valence-corrected chi connectivity index (χ4v) is 3.49. The van der Waals surface area contributed by atoms with Gasteiger partial charge in [-0.1, -0.05) is 18.2 Å². The van der Waals surface area contributed by atoms with Gasteiger partial charge in [-0.2, -0.15) is 0 Å². The Balaban J connectivity index is 1.58. The molecule has 3 heteroatoms. The first-order valence-corrected chi connectivity index (χ1v) is 7.22. The summed E-state index contributed by atoms with van der Waals surface area (Å²) in [4.78, 5) is 7.11. The van der Waals surface area contributed by atoms with Crippen molar-refractivity contribution >= 4 is 16.6 Å². The standard InChI is InChI=1S/C16H19N3/c1-2-4-15-13(3-1)9-14(10-17-15)18-16-11-19-7-5-12(16)6-8-19/h1-4,9-10,12,16,18H,5-8,11H2. The fourth-order valence-electron chi connectivity index (χ4n) is 3.49. The molecule has 2 bridgehead atoms. The zero-order valence-corrected chi connectivity index (χ0v) is 11.0. The molecule has 3 nitrogen and oxygen atoms in total. The fraction of sp³-hybridized carbons (Fsp3) is 0.438. The van der Waals surface area contributed by atoms with E-state index in [1.165, 1.54) is 37.9 Å². The van der Waals surface area contributed by atoms with Crippen molar-refractivity contribution in [2.24, 2.45) is 5.92 Å². The van der Waals surface area contributed by atoms with Gasteiger partial charge in [0.25, 0.3) is 0 Å². The van der Waals surface area contributed by atoms with Crippen LogP contribution in [0.3, 0.4) is 0 Å². The Labute approximate surface area is 113 Å². The highest BCUT2D eigenvalue weighted by Gasteiger charge is 2.33. The SMILES string of the molecule is c1ccc2ncc(NC3CN4CCC3CC4)cc2c1. The lowest BCUT2D eigenvalue weighted by atomic mass is 9.84. The van der Waals surface area contributed by atoms with E-state index in [-0.39, 0.29) is 0 Å². The molecule has 3 fully saturated rings. The maximum Gasteiger partial charge on any atom is 0.0703 e. The number of anilines is 1. The summed E-state index contributed by atoms with van der Waals surface area (Å²) in [5, 5.41) is 4.92. The van der Waals surface area contributed by atoms with E-state index in [0.717, 1.165) is 17.1 Å². The molecule has 4 heterocycles. The second kappa shape index (κ2) is 4.49. The molecule has 1 aromatic carbocycles. The molecular formula is C16H19N3. The Morgan fingerprint density at radius 2 is 2.00 bits per heavy atom. The second-order valence-electron chi connectivity index (χ2n) is 5.81. The monoisotopic (exact) mass is 253 g/mol. The molecule has 1 aromatic heterocycles. The van der Waals surface area contributed by atoms with Crippen molar-refractivity contribution in [3.63, 3.8) is 0 Å². The van der Waals surface area contributed by atoms with Gasteiger partial charge >= 0.3 is 0 Å². The third-order valence-electron chi connectivity index (χ3n) is 4.60. The number of nitrogens with zero attached hydrogens (tertiary/aromatic N) is 2. The Hall–Kier alpha value is -1.61. The van der Waals surface area contributed by atoms with E-state index in [4.69, 9.17) is 0 Å². The van der Waals surface area contributed by atoms with E-state index in [1.54, 1.807) is 0 Å². The third-order valence-corrected chi connectivity index (χ3v) is 4.60. The summed E-state index contributed by atoms with van der Waals surface area (Å²) in [6.07, 6.45) is 4.66. The second-order valence-corrected chi connectivity index (χ2v) is 5.81. The highest BCUT2D eigenvalue weighted by Crippen LogP contribution is 2.30. The molecule has 0 radical (unpaired) electrons. The molecule has 3 saturated heterocycles. The van der Waals surface area contributed by atoms with Crippen LogP contribution < -0.4 is 5.32 Å². The minimum Gasteiger partial charge on any atom is -0.379 e. The highest BCUT2D eigenvalue weighted by atomic mass is 15.2. The van der Waals surface area contributed by atoms with Crippen LogP contribution >= 0.6 is 0 Å². The Kier molecular flexibility index (Phi) is 2.66. The van der Waals surface area contributed by atoms with Crippen LogP contribution in [-0.2, 0) is 0 Å². The van der Waals surface area contributed by atoms with Crippen LogP contribution in [-0.4, -0.2) is 35.6 Å². The zero-order chi connectivity index (χ0) is 12.7. The number of fused-ring (bicyclic) bond motifs is 4. The number of pyridine rings is 1. The molecule has 1 unspecified atom stereocenters. The van der Waals surface area contributed by atoms with Gasteiger partial charge in [-0.25, -0.2) is 0 Å². The smallest absolute Gasteiger partial charge is 0.0703 e. The number of rotatable bonds is 2. The van der Waals surface area contributed by atoms with E-state index in [0.29, 0.717) is 6.04 Å². The quantitative estimate of drug-likeness (QED) is 0.892. The lowest BCUT2D eigenvalue weighted by Gasteiger charge is -2.45. The Morgan fingerprint density at radius 1 is 1.16 bits per heavy atom. The van der Waals surface area contributed by atoms with Gasteiger partial charge in [0.05, 0.1) is 17.4 Å². The van der Waals surface area contributed by atoms with Crippen molar-refractivity contribution in [2.75, 3.05) is 25.0 Å². The first kappa shape index (κ1) is 11.2. The van der Waals surface area contributed by atoms with Crippen LogP contribution in [0, 0.1) is 5.92 Å². The van der Waals surface area contributed by atoms with Gasteiger partial charge < -0.3 is 10.2 Å². The number of benzene rings is 1. The predicted octanol–water partition coefficient (Wildman–Crippen LogP) is 2.74. The summed E-state index contributed by atoms with van der Waals surface area (Å²) in [7, 11) is 0. The van der Waals surface area contributed by atoms with Crippen molar-refractivity contribution in [3.05, 3.63) is 36.5 Å². The van der Waals surface area contributed by atoms with E-state index in [2.05, 4.69) is 39.5 Å². The molecule has 0 amide bonds. The minimum absolute atomic E-state index is 0.602. The number of hydrogen-bond donors (Lipinski definition) is 1. The minimum atomic E-state index is 0.602. The van der Waals surface area contributed by atoms with Gasteiger partial charge in [0.15, 0.2) is 0 Å². The van der Waals surface area contributed by atoms with Gasteiger partial charge in [0.2, 0.25) is 0 Å². The van der Waals surface area contributed by atoms with Gasteiger partial charge in [0.1, 0.15) is 0 Å². The van der Waals surface area contributed by atoms with Crippen LogP contribution in [0.4, 0.5) is 5.69 Å². The lowest BCUT2D eigenvalue weighted by Crippen LogP contribution is -2.53. The van der Waals surface area contributed by atoms with Crippen LogP contribution in [0.15, 0.2) is 36.5 Å². The summed E-state index contributed by atoms with van der Waals surface area (Å²) < 4.78 is 0. The number of hydrogen-bond acceptors (Lipinski definition) is 3. The van der Waals surface area contributed by atoms with E-state index < -0.39 is 0 Å². The third kappa shape index (κ3) is 2.08. The van der Waals surface area contributed by atoms with Gasteiger partial charge in [0, 0.05) is 18.0 Å². The summed E-state index contributed by atoms with van der Waals surface area (Å²) in [6.45, 7) is 3.77. The van der Waals surface area contributed by atoms with Crippen molar-refractivity contribution in [1.82, 2.24) is 9.88 Å². The molecule has 0 aliphatic carbocycles. The van der Waals surface area contributed by atoms with Crippen LogP contribution in [0.1, 0.15) is 12.8 Å². The Morgan fingerprint density at radius 3 is 2.79 bits per heavy atom. The first-order chi connectivity index (χ1) is 9.38. The van der Waals surface area contributed by atoms with E-state index >= 15 is 0 Å². The molecule has 19 heavy (non-hydrogen) atoms. The van der Waals surface area contributed by atoms with Gasteiger partial charge in [-0.3, -0.25) is 4.98 Å². The normalized spacial score (nSPS) is 29.6. The van der Waals surface area contributed by atoms with Crippen molar-refractivity contribution in [3.8, 4) is 0 Å². The Bertz CT molecular complexity index is 587. The molecule has 1 atom stereocenters. The predicted molar refractivity (Wildman–Crippen MR) is 78.3 cm³/mol. The summed E-state index contributed by atoms with van der Waals surface area (Å²) in [6, 6.07) is 11.1. The molecule has 3 aliphatic heterocycles. The summed E-state index contributed by atoms with van der Waals surface area (Å²) in [5.74, 6) is 0.844. The lowest BCUT2D eigenvalue weighted by molar-refractivity contribution is 0.0975. The van der Waals surface area contributed by atoms with Crippen LogP contribution in [0.2, 0.25) is 0 Å². The van der Waals surface area contributed by atoms with Crippen molar-refractivity contribution < 1.29 is 0 Å². The van der Waals surface area contributed by atoms with Crippen molar-refractivity contribution in [2.45, 2.75) is 18.9 Å². The molecule has 5 rings (SSSR count). The average Bonchev–Trinajstić information content (AvgIpc) is 2.48. The molecule has 1 N–H and O–H groups in total. The number of aromatic nitrogens is 1. The van der Waals surface area contributed by atoms with Crippen LogP contribution in [0.5, 0.6) is 0 Å². The maximum atomic E-state index is 4.53. The molecular weight excluding hydrogens is 234 g/mol.